The Hall–Kier alpha value is -0.685. The summed E-state index contributed by atoms with van der Waals surface area (Å²) < 4.78 is 43.3. The minimum absolute atomic E-state index is 0.120. The molecule has 5 rings (SSSR count). The smallest absolute Gasteiger partial charge is 0.399 e. The first kappa shape index (κ1) is 38.8. The third-order valence-electron chi connectivity index (χ3n) is 9.41. The lowest BCUT2D eigenvalue weighted by Crippen LogP contribution is -2.41. The molecule has 248 valence electrons. The molecule has 2 aromatic carbocycles. The highest BCUT2D eigenvalue weighted by molar-refractivity contribution is 9.11. The van der Waals surface area contributed by atoms with Crippen molar-refractivity contribution in [3.63, 3.8) is 0 Å². The van der Waals surface area contributed by atoms with Gasteiger partial charge in [0.2, 0.25) is 0 Å². The van der Waals surface area contributed by atoms with Crippen molar-refractivity contribution in [3.05, 3.63) is 57.5 Å². The Morgan fingerprint density at radius 2 is 0.711 bits per heavy atom. The maximum absolute atomic E-state index is 6.10. The van der Waals surface area contributed by atoms with Gasteiger partial charge in [0.15, 0.2) is 0 Å². The van der Waals surface area contributed by atoms with E-state index in [9.17, 15) is 0 Å². The summed E-state index contributed by atoms with van der Waals surface area (Å²) in [5, 5.41) is 0. The molecule has 0 unspecified atom stereocenters. The van der Waals surface area contributed by atoms with Gasteiger partial charge in [0, 0.05) is 15.0 Å². The van der Waals surface area contributed by atoms with E-state index in [-0.39, 0.29) is 53.9 Å². The van der Waals surface area contributed by atoms with Crippen LogP contribution >= 0.6 is 31.9 Å². The lowest BCUT2D eigenvalue weighted by atomic mass is 9.74. The number of hydrogen-bond acceptors (Lipinski definition) is 7. The zero-order chi connectivity index (χ0) is 34.2. The molecule has 3 aliphatic rings. The van der Waals surface area contributed by atoms with E-state index in [4.69, 9.17) is 32.6 Å². The topological polar surface area (TPSA) is 64.6 Å². The number of benzene rings is 2. The SMILES string of the molecule is Brc1ccc(Br)cc1.CC(C)OB1OC(C)(C)C(C)(C)O1.CC1(C)OB(c2ccc(B3OC(C)(C)C(C)(C)O3)cc2)OC1(C)C. The summed E-state index contributed by atoms with van der Waals surface area (Å²) in [6.45, 7) is 28.5. The largest absolute Gasteiger partial charge is 0.640 e. The van der Waals surface area contributed by atoms with Crippen molar-refractivity contribution < 1.29 is 32.6 Å². The Morgan fingerprint density at radius 1 is 0.467 bits per heavy atom. The minimum atomic E-state index is -0.523. The van der Waals surface area contributed by atoms with Gasteiger partial charge in [-0.1, -0.05) is 56.1 Å². The molecule has 0 saturated carbocycles. The molecule has 0 aliphatic carbocycles. The van der Waals surface area contributed by atoms with Crippen molar-refractivity contribution in [1.29, 1.82) is 0 Å². The molecule has 0 aromatic heterocycles. The van der Waals surface area contributed by atoms with E-state index in [2.05, 4.69) is 87.2 Å². The Kier molecular flexibility index (Phi) is 12.1. The van der Waals surface area contributed by atoms with Gasteiger partial charge in [0.1, 0.15) is 0 Å². The van der Waals surface area contributed by atoms with Crippen LogP contribution in [0.3, 0.4) is 0 Å². The van der Waals surface area contributed by atoms with Crippen LogP contribution in [0.5, 0.6) is 0 Å². The Bertz CT molecular complexity index is 1140. The van der Waals surface area contributed by atoms with Gasteiger partial charge in [0.05, 0.1) is 33.6 Å². The molecule has 3 saturated heterocycles. The fourth-order valence-electron chi connectivity index (χ4n) is 4.26. The molecule has 0 radical (unpaired) electrons. The van der Waals surface area contributed by atoms with E-state index >= 15 is 0 Å². The Balaban J connectivity index is 0.000000219. The van der Waals surface area contributed by atoms with Crippen molar-refractivity contribution >= 4 is 64.3 Å². The van der Waals surface area contributed by atoms with Crippen molar-refractivity contribution in [2.75, 3.05) is 0 Å². The summed E-state index contributed by atoms with van der Waals surface area (Å²) in [7, 11) is -1.21. The summed E-state index contributed by atoms with van der Waals surface area (Å²) in [6, 6.07) is 16.1. The predicted octanol–water partition coefficient (Wildman–Crippen LogP) is 7.50. The van der Waals surface area contributed by atoms with E-state index in [0.29, 0.717) is 0 Å². The van der Waals surface area contributed by atoms with Crippen LogP contribution in [-0.4, -0.2) is 61.3 Å². The monoisotopic (exact) mass is 750 g/mol. The molecule has 2 aromatic rings. The van der Waals surface area contributed by atoms with Crippen LogP contribution in [-0.2, 0) is 32.6 Å². The van der Waals surface area contributed by atoms with E-state index in [1.54, 1.807) is 0 Å². The quantitative estimate of drug-likeness (QED) is 0.300. The van der Waals surface area contributed by atoms with Crippen LogP contribution in [0.2, 0.25) is 0 Å². The Labute approximate surface area is 289 Å². The molecule has 12 heteroatoms. The minimum Gasteiger partial charge on any atom is -0.399 e. The van der Waals surface area contributed by atoms with Crippen LogP contribution < -0.4 is 10.9 Å². The van der Waals surface area contributed by atoms with Gasteiger partial charge in [-0.15, -0.1) is 0 Å². The van der Waals surface area contributed by atoms with Crippen LogP contribution in [0.15, 0.2) is 57.5 Å². The lowest BCUT2D eigenvalue weighted by molar-refractivity contribution is 0.00578. The number of hydrogen-bond donors (Lipinski definition) is 0. The molecule has 0 atom stereocenters. The average molecular weight is 752 g/mol. The summed E-state index contributed by atoms with van der Waals surface area (Å²) in [5.74, 6) is 0. The highest BCUT2D eigenvalue weighted by Crippen LogP contribution is 2.38. The first-order chi connectivity index (χ1) is 20.4. The second-order valence-corrected chi connectivity index (χ2v) is 16.8. The highest BCUT2D eigenvalue weighted by Gasteiger charge is 2.54. The second kappa shape index (κ2) is 14.0. The molecule has 0 amide bonds. The standard InChI is InChI=1S/C18H28B2O4.C9H19BO3.C6H4Br2/c1-15(2)16(3,4)22-19(21-15)13-9-11-14(12-10-13)20-23-17(5,6)18(7,8)24-20;1-7(2)11-10-12-8(3,4)9(5,6)13-10;7-5-1-2-6(8)4-3-5/h9-12H,1-8H3;7H,1-6H3;1-4H. The first-order valence-electron chi connectivity index (χ1n) is 15.6. The van der Waals surface area contributed by atoms with Gasteiger partial charge in [0.25, 0.3) is 0 Å². The molecule has 7 nitrogen and oxygen atoms in total. The molecule has 0 bridgehead atoms. The summed E-state index contributed by atoms with van der Waals surface area (Å²) in [5.41, 5.74) is 0.0933. The molecule has 3 heterocycles. The van der Waals surface area contributed by atoms with Crippen LogP contribution in [0.25, 0.3) is 0 Å². The van der Waals surface area contributed by atoms with Crippen molar-refractivity contribution in [3.8, 4) is 0 Å². The number of rotatable bonds is 4. The zero-order valence-electron chi connectivity index (χ0n) is 29.5. The van der Waals surface area contributed by atoms with Gasteiger partial charge in [-0.25, -0.2) is 0 Å². The van der Waals surface area contributed by atoms with Crippen molar-refractivity contribution in [1.82, 2.24) is 0 Å². The molecule has 0 spiro atoms. The van der Waals surface area contributed by atoms with Crippen LogP contribution in [0.4, 0.5) is 0 Å². The van der Waals surface area contributed by atoms with E-state index in [0.717, 1.165) is 19.9 Å². The molecule has 3 fully saturated rings. The highest BCUT2D eigenvalue weighted by atomic mass is 79.9. The normalized spacial score (nSPS) is 23.4. The maximum atomic E-state index is 6.10. The predicted molar refractivity (Wildman–Crippen MR) is 192 cm³/mol. The lowest BCUT2D eigenvalue weighted by Gasteiger charge is -2.32. The number of halogens is 2. The van der Waals surface area contributed by atoms with Crippen LogP contribution in [0, 0.1) is 0 Å². The van der Waals surface area contributed by atoms with Gasteiger partial charge in [-0.2, -0.15) is 0 Å². The third-order valence-corrected chi connectivity index (χ3v) is 10.5. The molecule has 3 aliphatic heterocycles. The third kappa shape index (κ3) is 9.48. The van der Waals surface area contributed by atoms with Crippen molar-refractivity contribution in [2.45, 2.75) is 137 Å². The van der Waals surface area contributed by atoms with Crippen LogP contribution in [0.1, 0.15) is 96.9 Å². The summed E-state index contributed by atoms with van der Waals surface area (Å²) in [4.78, 5) is 0. The van der Waals surface area contributed by atoms with Crippen molar-refractivity contribution in [2.24, 2.45) is 0 Å². The summed E-state index contributed by atoms with van der Waals surface area (Å²) in [6.07, 6.45) is 0.120. The maximum Gasteiger partial charge on any atom is 0.640 e. The van der Waals surface area contributed by atoms with Gasteiger partial charge < -0.3 is 32.6 Å². The molecule has 0 N–H and O–H groups in total. The molecular weight excluding hydrogens is 701 g/mol. The fourth-order valence-corrected chi connectivity index (χ4v) is 4.79. The summed E-state index contributed by atoms with van der Waals surface area (Å²) >= 11 is 6.65. The Morgan fingerprint density at radius 3 is 0.956 bits per heavy atom. The first-order valence-corrected chi connectivity index (χ1v) is 17.2. The van der Waals surface area contributed by atoms with E-state index < -0.39 is 7.32 Å². The zero-order valence-corrected chi connectivity index (χ0v) is 32.7. The average Bonchev–Trinajstić information content (AvgIpc) is 3.34. The van der Waals surface area contributed by atoms with Gasteiger partial charge in [-0.05, 0) is 132 Å². The van der Waals surface area contributed by atoms with E-state index in [1.807, 2.05) is 90.1 Å². The van der Waals surface area contributed by atoms with Gasteiger partial charge in [-0.3, -0.25) is 0 Å². The second-order valence-electron chi connectivity index (χ2n) is 15.0. The molecule has 45 heavy (non-hydrogen) atoms. The fraction of sp³-hybridized carbons (Fsp3) is 0.636. The van der Waals surface area contributed by atoms with E-state index in [1.165, 1.54) is 0 Å². The van der Waals surface area contributed by atoms with Gasteiger partial charge >= 0.3 is 21.6 Å². The molecular formula is C33H51B3Br2O7.